The summed E-state index contributed by atoms with van der Waals surface area (Å²) in [7, 11) is 1.99. The van der Waals surface area contributed by atoms with Crippen LogP contribution in [0.25, 0.3) is 0 Å². The first-order chi connectivity index (χ1) is 12.6. The first kappa shape index (κ1) is 22.1. The maximum Gasteiger partial charge on any atom is 0.191 e. The molecule has 6 nitrogen and oxygen atoms in total. The van der Waals surface area contributed by atoms with Crippen LogP contribution in [0.1, 0.15) is 49.1 Å². The molecule has 8 heteroatoms. The zero-order valence-corrected chi connectivity index (χ0v) is 19.6. The summed E-state index contributed by atoms with van der Waals surface area (Å²) in [5, 5.41) is 17.6. The normalized spacial score (nSPS) is 20.2. The van der Waals surface area contributed by atoms with Gasteiger partial charge in [0.05, 0.1) is 0 Å². The zero-order chi connectivity index (χ0) is 18.4. The molecular formula is C19H31IN6S. The van der Waals surface area contributed by atoms with Crippen LogP contribution in [0.4, 0.5) is 0 Å². The average molecular weight is 502 g/mol. The van der Waals surface area contributed by atoms with Crippen LogP contribution in [0.3, 0.4) is 0 Å². The fourth-order valence-electron chi connectivity index (χ4n) is 3.41. The van der Waals surface area contributed by atoms with Gasteiger partial charge in [0.1, 0.15) is 12.4 Å². The van der Waals surface area contributed by atoms with Crippen LogP contribution >= 0.6 is 35.3 Å². The maximum absolute atomic E-state index is 4.78. The molecule has 1 aliphatic carbocycles. The molecule has 0 aromatic carbocycles. The van der Waals surface area contributed by atoms with E-state index in [0.717, 1.165) is 36.5 Å². The Hall–Kier alpha value is -1.16. The van der Waals surface area contributed by atoms with Crippen molar-refractivity contribution in [2.75, 3.05) is 6.54 Å². The standard InChI is InChI=1S/C19H30N6S.HI/c1-14-6-4-7-16(12-14)22-19(20-10-9-17-8-5-11-26-17)21-13-18-24-23-15(2)25(18)3;/h5,8,11,14,16H,4,6-7,9-10,12-13H2,1-3H3,(H2,20,21,22);1H. The highest BCUT2D eigenvalue weighted by molar-refractivity contribution is 14.0. The Kier molecular flexibility index (Phi) is 9.01. The highest BCUT2D eigenvalue weighted by atomic mass is 127. The van der Waals surface area contributed by atoms with Gasteiger partial charge in [0.15, 0.2) is 11.8 Å². The molecule has 3 rings (SSSR count). The molecule has 1 fully saturated rings. The van der Waals surface area contributed by atoms with E-state index in [4.69, 9.17) is 4.99 Å². The highest BCUT2D eigenvalue weighted by Gasteiger charge is 2.19. The fraction of sp³-hybridized carbons (Fsp3) is 0.632. The third kappa shape index (κ3) is 6.74. The third-order valence-electron chi connectivity index (χ3n) is 5.08. The van der Waals surface area contributed by atoms with Crippen molar-refractivity contribution in [3.8, 4) is 0 Å². The Morgan fingerprint density at radius 2 is 2.22 bits per heavy atom. The van der Waals surface area contributed by atoms with Gasteiger partial charge >= 0.3 is 0 Å². The molecule has 27 heavy (non-hydrogen) atoms. The van der Waals surface area contributed by atoms with E-state index in [-0.39, 0.29) is 24.0 Å². The maximum atomic E-state index is 4.78. The largest absolute Gasteiger partial charge is 0.356 e. The van der Waals surface area contributed by atoms with Crippen molar-refractivity contribution in [1.29, 1.82) is 0 Å². The molecule has 150 valence electrons. The summed E-state index contributed by atoms with van der Waals surface area (Å²) in [5.74, 6) is 3.48. The van der Waals surface area contributed by atoms with Gasteiger partial charge in [0, 0.05) is 24.5 Å². The van der Waals surface area contributed by atoms with Crippen molar-refractivity contribution in [3.63, 3.8) is 0 Å². The van der Waals surface area contributed by atoms with Gasteiger partial charge in [0.25, 0.3) is 0 Å². The van der Waals surface area contributed by atoms with Crippen molar-refractivity contribution in [1.82, 2.24) is 25.4 Å². The molecule has 0 amide bonds. The molecule has 1 saturated carbocycles. The summed E-state index contributed by atoms with van der Waals surface area (Å²) in [6.45, 7) is 5.72. The lowest BCUT2D eigenvalue weighted by Gasteiger charge is -2.29. The summed E-state index contributed by atoms with van der Waals surface area (Å²) in [6, 6.07) is 4.79. The van der Waals surface area contributed by atoms with Crippen LogP contribution < -0.4 is 10.6 Å². The molecule has 2 heterocycles. The third-order valence-corrected chi connectivity index (χ3v) is 6.02. The number of nitrogens with one attached hydrogen (secondary N) is 2. The Morgan fingerprint density at radius 3 is 2.89 bits per heavy atom. The van der Waals surface area contributed by atoms with Gasteiger partial charge in [-0.05, 0) is 43.6 Å². The Bertz CT molecular complexity index is 712. The summed E-state index contributed by atoms with van der Waals surface area (Å²) in [4.78, 5) is 6.18. The molecule has 2 unspecified atom stereocenters. The number of nitrogens with zero attached hydrogens (tertiary/aromatic N) is 4. The van der Waals surface area contributed by atoms with Gasteiger partial charge in [0.2, 0.25) is 0 Å². The van der Waals surface area contributed by atoms with Gasteiger partial charge in [-0.3, -0.25) is 0 Å². The molecule has 0 spiro atoms. The van der Waals surface area contributed by atoms with Gasteiger partial charge in [-0.15, -0.1) is 45.5 Å². The summed E-state index contributed by atoms with van der Waals surface area (Å²) in [6.07, 6.45) is 6.09. The van der Waals surface area contributed by atoms with Crippen molar-refractivity contribution in [2.45, 2.75) is 58.5 Å². The zero-order valence-electron chi connectivity index (χ0n) is 16.4. The molecule has 2 aromatic heterocycles. The van der Waals surface area contributed by atoms with Gasteiger partial charge in [-0.25, -0.2) is 4.99 Å². The minimum atomic E-state index is 0. The topological polar surface area (TPSA) is 67.1 Å². The van der Waals surface area contributed by atoms with Crippen molar-refractivity contribution in [2.24, 2.45) is 18.0 Å². The Morgan fingerprint density at radius 1 is 1.37 bits per heavy atom. The predicted octanol–water partition coefficient (Wildman–Crippen LogP) is 3.66. The number of halogens is 1. The molecule has 0 aliphatic heterocycles. The SMILES string of the molecule is Cc1nnc(CN=C(NCCc2cccs2)NC2CCCC(C)C2)n1C.I. The predicted molar refractivity (Wildman–Crippen MR) is 123 cm³/mol. The lowest BCUT2D eigenvalue weighted by atomic mass is 9.87. The van der Waals surface area contributed by atoms with E-state index in [0.29, 0.717) is 12.6 Å². The van der Waals surface area contributed by atoms with E-state index in [1.54, 1.807) is 11.3 Å². The van der Waals surface area contributed by atoms with Crippen LogP contribution in [-0.4, -0.2) is 33.3 Å². The molecule has 0 saturated heterocycles. The summed E-state index contributed by atoms with van der Waals surface area (Å²) in [5.41, 5.74) is 0. The number of aliphatic imine (C=N–C) groups is 1. The van der Waals surface area contributed by atoms with Gasteiger partial charge in [-0.1, -0.05) is 25.8 Å². The van der Waals surface area contributed by atoms with Crippen molar-refractivity contribution >= 4 is 41.3 Å². The molecule has 2 atom stereocenters. The van der Waals surface area contributed by atoms with E-state index >= 15 is 0 Å². The highest BCUT2D eigenvalue weighted by Crippen LogP contribution is 2.23. The minimum absolute atomic E-state index is 0. The van der Waals surface area contributed by atoms with Crippen LogP contribution in [0.15, 0.2) is 22.5 Å². The first-order valence-corrected chi connectivity index (χ1v) is 10.4. The van der Waals surface area contributed by atoms with Gasteiger partial charge in [-0.2, -0.15) is 0 Å². The van der Waals surface area contributed by atoms with Crippen LogP contribution in [0.2, 0.25) is 0 Å². The molecular weight excluding hydrogens is 471 g/mol. The number of thiophene rings is 1. The first-order valence-electron chi connectivity index (χ1n) is 9.54. The second kappa shape index (κ2) is 11.0. The van der Waals surface area contributed by atoms with Crippen LogP contribution in [0, 0.1) is 12.8 Å². The number of aryl methyl sites for hydroxylation is 1. The van der Waals surface area contributed by atoms with E-state index in [2.05, 4.69) is 45.3 Å². The van der Waals surface area contributed by atoms with E-state index in [1.165, 1.54) is 30.6 Å². The lowest BCUT2D eigenvalue weighted by Crippen LogP contribution is -2.45. The van der Waals surface area contributed by atoms with Crippen molar-refractivity contribution in [3.05, 3.63) is 34.0 Å². The minimum Gasteiger partial charge on any atom is -0.356 e. The Labute approximate surface area is 183 Å². The lowest BCUT2D eigenvalue weighted by molar-refractivity contribution is 0.324. The second-order valence-corrected chi connectivity index (χ2v) is 8.29. The number of guanidine groups is 1. The smallest absolute Gasteiger partial charge is 0.191 e. The van der Waals surface area contributed by atoms with E-state index in [9.17, 15) is 0 Å². The van der Waals surface area contributed by atoms with Crippen LogP contribution in [-0.2, 0) is 20.0 Å². The quantitative estimate of drug-likeness (QED) is 0.360. The number of hydrogen-bond acceptors (Lipinski definition) is 4. The summed E-state index contributed by atoms with van der Waals surface area (Å²) >= 11 is 1.80. The Balaban J connectivity index is 0.00000261. The molecule has 0 radical (unpaired) electrons. The number of rotatable bonds is 6. The van der Waals surface area contributed by atoms with Gasteiger partial charge < -0.3 is 15.2 Å². The van der Waals surface area contributed by atoms with E-state index < -0.39 is 0 Å². The van der Waals surface area contributed by atoms with Crippen molar-refractivity contribution < 1.29 is 0 Å². The average Bonchev–Trinajstić information content (AvgIpc) is 3.24. The molecule has 1 aliphatic rings. The van der Waals surface area contributed by atoms with E-state index in [1.807, 2.05) is 18.5 Å². The fourth-order valence-corrected chi connectivity index (χ4v) is 4.12. The second-order valence-electron chi connectivity index (χ2n) is 7.26. The molecule has 2 aromatic rings. The monoisotopic (exact) mass is 502 g/mol. The molecule has 0 bridgehead atoms. The number of hydrogen-bond donors (Lipinski definition) is 2. The summed E-state index contributed by atoms with van der Waals surface area (Å²) < 4.78 is 2.00. The number of aromatic nitrogens is 3. The molecule has 2 N–H and O–H groups in total. The van der Waals surface area contributed by atoms with Crippen LogP contribution in [0.5, 0.6) is 0 Å².